The van der Waals surface area contributed by atoms with Crippen molar-refractivity contribution in [3.63, 3.8) is 0 Å². The number of hydrogen-bond acceptors (Lipinski definition) is 7. The van der Waals surface area contributed by atoms with Crippen LogP contribution in [0, 0.1) is 0 Å². The van der Waals surface area contributed by atoms with Crippen molar-refractivity contribution in [3.8, 4) is 0 Å². The van der Waals surface area contributed by atoms with Gasteiger partial charge in [0.25, 0.3) is 7.82 Å². The molecule has 1 aliphatic rings. The highest BCUT2D eigenvalue weighted by molar-refractivity contribution is 7.45. The average molecular weight is 463 g/mol. The standard InChI is InChI=1S/C24H34NO6P/c1-24(2)28-19-23(31-24)16-22(25(3)17-20-10-6-4-7-11-20)14-15-29-32(26,27)30-18-21-12-8-5-9-13-21/h4-13,22-23H,14-19H2,1-3H3,(H,26,27)/p-1. The van der Waals surface area contributed by atoms with Crippen molar-refractivity contribution < 1.29 is 28.0 Å². The van der Waals surface area contributed by atoms with Gasteiger partial charge >= 0.3 is 0 Å². The Hall–Kier alpha value is -1.57. The lowest BCUT2D eigenvalue weighted by atomic mass is 10.0. The maximum absolute atomic E-state index is 12.2. The molecule has 32 heavy (non-hydrogen) atoms. The summed E-state index contributed by atoms with van der Waals surface area (Å²) in [5, 5.41) is 0. The number of benzene rings is 2. The van der Waals surface area contributed by atoms with E-state index in [-0.39, 0.29) is 25.4 Å². The molecule has 176 valence electrons. The van der Waals surface area contributed by atoms with E-state index in [1.165, 1.54) is 5.56 Å². The Morgan fingerprint density at radius 1 is 1.09 bits per heavy atom. The van der Waals surface area contributed by atoms with Crippen LogP contribution >= 0.6 is 7.82 Å². The van der Waals surface area contributed by atoms with Crippen molar-refractivity contribution in [2.45, 2.75) is 57.8 Å². The molecule has 0 spiro atoms. The molecule has 0 amide bonds. The number of ether oxygens (including phenoxy) is 2. The van der Waals surface area contributed by atoms with Crippen molar-refractivity contribution in [1.82, 2.24) is 4.90 Å². The highest BCUT2D eigenvalue weighted by Crippen LogP contribution is 2.39. The first-order valence-electron chi connectivity index (χ1n) is 10.9. The predicted molar refractivity (Wildman–Crippen MR) is 121 cm³/mol. The number of hydrogen-bond donors (Lipinski definition) is 0. The summed E-state index contributed by atoms with van der Waals surface area (Å²) in [5.41, 5.74) is 1.96. The van der Waals surface area contributed by atoms with Gasteiger partial charge in [-0.1, -0.05) is 60.7 Å². The van der Waals surface area contributed by atoms with Crippen LogP contribution in [0.3, 0.4) is 0 Å². The van der Waals surface area contributed by atoms with E-state index in [0.717, 1.165) is 12.1 Å². The normalized spacial score (nSPS) is 20.8. The molecular weight excluding hydrogens is 429 g/mol. The molecule has 0 aliphatic carbocycles. The molecule has 1 saturated heterocycles. The molecule has 0 saturated carbocycles. The van der Waals surface area contributed by atoms with E-state index in [1.54, 1.807) is 12.1 Å². The first kappa shape index (κ1) is 25.1. The first-order valence-corrected chi connectivity index (χ1v) is 12.4. The monoisotopic (exact) mass is 462 g/mol. The third-order valence-corrected chi connectivity index (χ3v) is 6.38. The number of nitrogens with zero attached hydrogens (tertiary/aromatic N) is 1. The smallest absolute Gasteiger partial charge is 0.268 e. The lowest BCUT2D eigenvalue weighted by Crippen LogP contribution is -2.36. The van der Waals surface area contributed by atoms with E-state index >= 15 is 0 Å². The maximum atomic E-state index is 12.2. The molecule has 2 aromatic carbocycles. The number of phosphoric ester groups is 1. The number of phosphoric acid groups is 1. The van der Waals surface area contributed by atoms with Gasteiger partial charge in [0.1, 0.15) is 0 Å². The Kier molecular flexibility index (Phi) is 9.03. The third kappa shape index (κ3) is 8.41. The van der Waals surface area contributed by atoms with Gasteiger partial charge in [0, 0.05) is 12.6 Å². The summed E-state index contributed by atoms with van der Waals surface area (Å²) in [5.74, 6) is -0.598. The van der Waals surface area contributed by atoms with E-state index in [9.17, 15) is 9.46 Å². The predicted octanol–water partition coefficient (Wildman–Crippen LogP) is 4.12. The second kappa shape index (κ2) is 11.5. The molecule has 0 radical (unpaired) electrons. The van der Waals surface area contributed by atoms with Crippen molar-refractivity contribution in [1.29, 1.82) is 0 Å². The van der Waals surface area contributed by atoms with Crippen molar-refractivity contribution >= 4 is 7.82 Å². The van der Waals surface area contributed by atoms with Crippen LogP contribution < -0.4 is 4.89 Å². The molecule has 0 N–H and O–H groups in total. The van der Waals surface area contributed by atoms with Crippen molar-refractivity contribution in [2.75, 3.05) is 20.3 Å². The molecule has 1 aliphatic heterocycles. The van der Waals surface area contributed by atoms with Crippen LogP contribution in [0.1, 0.15) is 37.8 Å². The Balaban J connectivity index is 1.54. The fourth-order valence-corrected chi connectivity index (χ4v) is 4.48. The van der Waals surface area contributed by atoms with E-state index in [1.807, 2.05) is 57.3 Å². The fourth-order valence-electron chi connectivity index (χ4n) is 3.77. The molecule has 2 aromatic rings. The molecule has 0 bridgehead atoms. The highest BCUT2D eigenvalue weighted by atomic mass is 31.2. The zero-order valence-corrected chi connectivity index (χ0v) is 19.9. The summed E-state index contributed by atoms with van der Waals surface area (Å²) in [6, 6.07) is 19.3. The molecular formula is C24H33NO6P-. The molecule has 3 rings (SSSR count). The van der Waals surface area contributed by atoms with Gasteiger partial charge in [-0.2, -0.15) is 0 Å². The van der Waals surface area contributed by atoms with Gasteiger partial charge in [0.05, 0.1) is 25.9 Å². The second-order valence-corrected chi connectivity index (χ2v) is 9.98. The van der Waals surface area contributed by atoms with Crippen LogP contribution in [0.15, 0.2) is 60.7 Å². The maximum Gasteiger partial charge on any atom is 0.268 e. The summed E-state index contributed by atoms with van der Waals surface area (Å²) in [6.07, 6.45) is 1.18. The van der Waals surface area contributed by atoms with Crippen LogP contribution in [-0.2, 0) is 36.2 Å². The zero-order chi connectivity index (χ0) is 23.0. The SMILES string of the molecule is CN(Cc1ccccc1)C(CCOP(=O)([O-])OCc1ccccc1)CC1COC(C)(C)O1. The second-order valence-electron chi connectivity index (χ2n) is 8.57. The Bertz CT molecular complexity index is 863. The molecule has 3 unspecified atom stereocenters. The average Bonchev–Trinajstić information content (AvgIpc) is 3.11. The quantitative estimate of drug-likeness (QED) is 0.439. The summed E-state index contributed by atoms with van der Waals surface area (Å²) in [4.78, 5) is 14.4. The van der Waals surface area contributed by atoms with Crippen molar-refractivity contribution in [2.24, 2.45) is 0 Å². The Morgan fingerprint density at radius 2 is 1.72 bits per heavy atom. The topological polar surface area (TPSA) is 80.3 Å². The van der Waals surface area contributed by atoms with Gasteiger partial charge < -0.3 is 23.4 Å². The van der Waals surface area contributed by atoms with Gasteiger partial charge in [0.15, 0.2) is 5.79 Å². The van der Waals surface area contributed by atoms with Crippen LogP contribution in [0.5, 0.6) is 0 Å². The summed E-state index contributed by atoms with van der Waals surface area (Å²) in [7, 11) is -2.36. The van der Waals surface area contributed by atoms with Gasteiger partial charge in [-0.3, -0.25) is 9.46 Å². The van der Waals surface area contributed by atoms with E-state index < -0.39 is 13.6 Å². The van der Waals surface area contributed by atoms with Crippen LogP contribution in [0.4, 0.5) is 0 Å². The van der Waals surface area contributed by atoms with Gasteiger partial charge in [-0.05, 0) is 44.9 Å². The summed E-state index contributed by atoms with van der Waals surface area (Å²) >= 11 is 0. The molecule has 8 heteroatoms. The van der Waals surface area contributed by atoms with E-state index in [2.05, 4.69) is 17.0 Å². The highest BCUT2D eigenvalue weighted by Gasteiger charge is 2.34. The minimum absolute atomic E-state index is 0.0380. The molecule has 1 fully saturated rings. The molecule has 3 atom stereocenters. The Morgan fingerprint density at radius 3 is 2.31 bits per heavy atom. The first-order chi connectivity index (χ1) is 15.2. The van der Waals surface area contributed by atoms with Crippen LogP contribution in [0.2, 0.25) is 0 Å². The van der Waals surface area contributed by atoms with Gasteiger partial charge in [-0.15, -0.1) is 0 Å². The molecule has 1 heterocycles. The van der Waals surface area contributed by atoms with Crippen LogP contribution in [-0.4, -0.2) is 43.1 Å². The van der Waals surface area contributed by atoms with Crippen molar-refractivity contribution in [3.05, 3.63) is 71.8 Å². The third-order valence-electron chi connectivity index (χ3n) is 5.43. The van der Waals surface area contributed by atoms with Gasteiger partial charge in [-0.25, -0.2) is 0 Å². The lowest BCUT2D eigenvalue weighted by Gasteiger charge is -2.31. The minimum Gasteiger partial charge on any atom is -0.756 e. The van der Waals surface area contributed by atoms with E-state index in [4.69, 9.17) is 18.5 Å². The molecule has 7 nitrogen and oxygen atoms in total. The number of rotatable bonds is 12. The largest absolute Gasteiger partial charge is 0.756 e. The van der Waals surface area contributed by atoms with Crippen LogP contribution in [0.25, 0.3) is 0 Å². The molecule has 0 aromatic heterocycles. The van der Waals surface area contributed by atoms with Gasteiger partial charge in [0.2, 0.25) is 0 Å². The Labute approximate surface area is 190 Å². The summed E-state index contributed by atoms with van der Waals surface area (Å²) in [6.45, 7) is 5.05. The minimum atomic E-state index is -4.39. The lowest BCUT2D eigenvalue weighted by molar-refractivity contribution is -0.226. The summed E-state index contributed by atoms with van der Waals surface area (Å²) < 4.78 is 34.1. The van der Waals surface area contributed by atoms with E-state index in [0.29, 0.717) is 19.4 Å². The fraction of sp³-hybridized carbons (Fsp3) is 0.500. The zero-order valence-electron chi connectivity index (χ0n) is 19.0.